The summed E-state index contributed by atoms with van der Waals surface area (Å²) >= 11 is 3.53. The van der Waals surface area contributed by atoms with Gasteiger partial charge in [-0.05, 0) is 18.9 Å². The third-order valence-corrected chi connectivity index (χ3v) is 3.31. The van der Waals surface area contributed by atoms with Crippen LogP contribution in [0.2, 0.25) is 0 Å². The molecule has 1 atom stereocenters. The van der Waals surface area contributed by atoms with E-state index in [0.29, 0.717) is 12.0 Å². The lowest BCUT2D eigenvalue weighted by Crippen LogP contribution is -2.35. The first-order valence-corrected chi connectivity index (χ1v) is 6.45. The third kappa shape index (κ3) is 3.61. The molecule has 0 spiro atoms. The van der Waals surface area contributed by atoms with Crippen LogP contribution < -0.4 is 5.32 Å². The summed E-state index contributed by atoms with van der Waals surface area (Å²) in [6, 6.07) is 2.64. The second-order valence-electron chi connectivity index (χ2n) is 4.29. The molecule has 0 aliphatic carbocycles. The number of aromatic nitrogens is 2. The van der Waals surface area contributed by atoms with Crippen LogP contribution in [-0.4, -0.2) is 21.2 Å². The van der Waals surface area contributed by atoms with Crippen LogP contribution in [0.25, 0.3) is 0 Å². The van der Waals surface area contributed by atoms with Crippen LogP contribution in [0.4, 0.5) is 0 Å². The SMILES string of the molecule is Cc1cc(CNC(CBr)C(C)C)n(C)n1. The van der Waals surface area contributed by atoms with Crippen LogP contribution in [0.5, 0.6) is 0 Å². The van der Waals surface area contributed by atoms with Gasteiger partial charge in [0.25, 0.3) is 0 Å². The minimum atomic E-state index is 0.514. The number of nitrogens with one attached hydrogen (secondary N) is 1. The Morgan fingerprint density at radius 3 is 2.60 bits per heavy atom. The molecule has 1 N–H and O–H groups in total. The van der Waals surface area contributed by atoms with Gasteiger partial charge in [0.1, 0.15) is 0 Å². The Kier molecular flexibility index (Phi) is 4.80. The first-order valence-electron chi connectivity index (χ1n) is 5.33. The lowest BCUT2D eigenvalue weighted by Gasteiger charge is -2.19. The molecule has 1 unspecified atom stereocenters. The van der Waals surface area contributed by atoms with Crippen LogP contribution >= 0.6 is 15.9 Å². The summed E-state index contributed by atoms with van der Waals surface area (Å²) in [5.74, 6) is 0.638. The number of nitrogens with zero attached hydrogens (tertiary/aromatic N) is 2. The highest BCUT2D eigenvalue weighted by molar-refractivity contribution is 9.09. The molecule has 3 nitrogen and oxygen atoms in total. The van der Waals surface area contributed by atoms with E-state index in [1.165, 1.54) is 5.69 Å². The van der Waals surface area contributed by atoms with Gasteiger partial charge < -0.3 is 5.32 Å². The van der Waals surface area contributed by atoms with Gasteiger partial charge in [-0.1, -0.05) is 29.8 Å². The van der Waals surface area contributed by atoms with Crippen molar-refractivity contribution in [3.63, 3.8) is 0 Å². The number of rotatable bonds is 5. The molecule has 4 heteroatoms. The highest BCUT2D eigenvalue weighted by Crippen LogP contribution is 2.07. The highest BCUT2D eigenvalue weighted by Gasteiger charge is 2.11. The standard InChI is InChI=1S/C11H20BrN3/c1-8(2)11(6-12)13-7-10-5-9(3)14-15(10)4/h5,8,11,13H,6-7H2,1-4H3. The molecule has 0 aliphatic rings. The molecule has 1 aromatic rings. The third-order valence-electron chi connectivity index (χ3n) is 2.62. The largest absolute Gasteiger partial charge is 0.307 e. The van der Waals surface area contributed by atoms with E-state index in [4.69, 9.17) is 0 Å². The van der Waals surface area contributed by atoms with Crippen molar-refractivity contribution >= 4 is 15.9 Å². The van der Waals surface area contributed by atoms with Crippen LogP contribution in [-0.2, 0) is 13.6 Å². The number of hydrogen-bond acceptors (Lipinski definition) is 2. The zero-order chi connectivity index (χ0) is 11.4. The Bertz CT molecular complexity index is 307. The predicted octanol–water partition coefficient (Wildman–Crippen LogP) is 2.24. The van der Waals surface area contributed by atoms with Crippen LogP contribution in [0, 0.1) is 12.8 Å². The Morgan fingerprint density at radius 1 is 1.53 bits per heavy atom. The Morgan fingerprint density at radius 2 is 2.20 bits per heavy atom. The quantitative estimate of drug-likeness (QED) is 0.834. The summed E-state index contributed by atoms with van der Waals surface area (Å²) in [6.07, 6.45) is 0. The van der Waals surface area contributed by atoms with E-state index in [1.54, 1.807) is 0 Å². The molecule has 0 saturated heterocycles. The van der Waals surface area contributed by atoms with Gasteiger partial charge in [0, 0.05) is 25.0 Å². The molecule has 0 aromatic carbocycles. The minimum Gasteiger partial charge on any atom is -0.307 e. The average molecular weight is 274 g/mol. The summed E-state index contributed by atoms with van der Waals surface area (Å²) in [4.78, 5) is 0. The second-order valence-corrected chi connectivity index (χ2v) is 4.93. The molecular weight excluding hydrogens is 254 g/mol. The average Bonchev–Trinajstić information content (AvgIpc) is 2.45. The van der Waals surface area contributed by atoms with Gasteiger partial charge in [0.15, 0.2) is 0 Å². The first kappa shape index (κ1) is 12.7. The first-order chi connectivity index (χ1) is 7.04. The lowest BCUT2D eigenvalue weighted by atomic mass is 10.1. The van der Waals surface area contributed by atoms with Crippen molar-refractivity contribution in [2.24, 2.45) is 13.0 Å². The van der Waals surface area contributed by atoms with Gasteiger partial charge in [-0.15, -0.1) is 0 Å². The van der Waals surface area contributed by atoms with E-state index >= 15 is 0 Å². The van der Waals surface area contributed by atoms with Gasteiger partial charge in [-0.3, -0.25) is 4.68 Å². The molecule has 0 radical (unpaired) electrons. The molecule has 0 aliphatic heterocycles. The fourth-order valence-corrected chi connectivity index (χ4v) is 2.51. The van der Waals surface area contributed by atoms with E-state index in [2.05, 4.69) is 46.3 Å². The topological polar surface area (TPSA) is 29.9 Å². The van der Waals surface area contributed by atoms with Gasteiger partial charge in [-0.25, -0.2) is 0 Å². The van der Waals surface area contributed by atoms with Crippen LogP contribution in [0.1, 0.15) is 25.2 Å². The number of aryl methyl sites for hydroxylation is 2. The fraction of sp³-hybridized carbons (Fsp3) is 0.727. The summed E-state index contributed by atoms with van der Waals surface area (Å²) in [5.41, 5.74) is 2.31. The van der Waals surface area contributed by atoms with Gasteiger partial charge in [-0.2, -0.15) is 5.10 Å². The molecule has 15 heavy (non-hydrogen) atoms. The molecule has 1 heterocycles. The summed E-state index contributed by atoms with van der Waals surface area (Å²) in [6.45, 7) is 7.36. The van der Waals surface area contributed by atoms with Crippen molar-refractivity contribution in [2.75, 3.05) is 5.33 Å². The van der Waals surface area contributed by atoms with Crippen molar-refractivity contribution in [1.29, 1.82) is 0 Å². The van der Waals surface area contributed by atoms with E-state index in [9.17, 15) is 0 Å². The maximum Gasteiger partial charge on any atom is 0.0597 e. The second kappa shape index (κ2) is 5.66. The van der Waals surface area contributed by atoms with E-state index in [-0.39, 0.29) is 0 Å². The number of hydrogen-bond donors (Lipinski definition) is 1. The van der Waals surface area contributed by atoms with Crippen LogP contribution in [0.3, 0.4) is 0 Å². The van der Waals surface area contributed by atoms with Crippen molar-refractivity contribution < 1.29 is 0 Å². The van der Waals surface area contributed by atoms with Gasteiger partial charge in [0.2, 0.25) is 0 Å². The number of alkyl halides is 1. The molecule has 0 saturated carbocycles. The fourth-order valence-electron chi connectivity index (χ4n) is 1.53. The highest BCUT2D eigenvalue weighted by atomic mass is 79.9. The monoisotopic (exact) mass is 273 g/mol. The molecule has 86 valence electrons. The lowest BCUT2D eigenvalue weighted by molar-refractivity contribution is 0.427. The molecule has 1 aromatic heterocycles. The van der Waals surface area contributed by atoms with Crippen molar-refractivity contribution in [1.82, 2.24) is 15.1 Å². The van der Waals surface area contributed by atoms with Gasteiger partial charge in [0.05, 0.1) is 11.4 Å². The molecule has 0 bridgehead atoms. The molecule has 0 amide bonds. The predicted molar refractivity (Wildman–Crippen MR) is 67.2 cm³/mol. The zero-order valence-corrected chi connectivity index (χ0v) is 11.5. The minimum absolute atomic E-state index is 0.514. The summed E-state index contributed by atoms with van der Waals surface area (Å²) in [7, 11) is 1.99. The number of halogens is 1. The van der Waals surface area contributed by atoms with E-state index in [1.807, 2.05) is 18.7 Å². The maximum atomic E-state index is 4.32. The molecule has 1 rings (SSSR count). The van der Waals surface area contributed by atoms with E-state index in [0.717, 1.165) is 17.6 Å². The Balaban J connectivity index is 2.52. The molecule has 0 fully saturated rings. The van der Waals surface area contributed by atoms with Crippen molar-refractivity contribution in [3.05, 3.63) is 17.5 Å². The summed E-state index contributed by atoms with van der Waals surface area (Å²) < 4.78 is 1.94. The Hall–Kier alpha value is -0.350. The summed E-state index contributed by atoms with van der Waals surface area (Å²) in [5, 5.41) is 8.84. The van der Waals surface area contributed by atoms with Crippen LogP contribution in [0.15, 0.2) is 6.07 Å². The maximum absolute atomic E-state index is 4.32. The molecular formula is C11H20BrN3. The Labute approximate surface area is 100 Å². The smallest absolute Gasteiger partial charge is 0.0597 e. The van der Waals surface area contributed by atoms with Gasteiger partial charge >= 0.3 is 0 Å². The van der Waals surface area contributed by atoms with E-state index < -0.39 is 0 Å². The zero-order valence-electron chi connectivity index (χ0n) is 9.92. The van der Waals surface area contributed by atoms with Crippen molar-refractivity contribution in [3.8, 4) is 0 Å². The van der Waals surface area contributed by atoms with Crippen molar-refractivity contribution in [2.45, 2.75) is 33.4 Å². The normalized spacial score (nSPS) is 13.5.